The van der Waals surface area contributed by atoms with Crippen molar-refractivity contribution in [2.45, 2.75) is 25.0 Å². The van der Waals surface area contributed by atoms with E-state index in [1.54, 1.807) is 17.0 Å². The van der Waals surface area contributed by atoms with Gasteiger partial charge in [-0.1, -0.05) is 12.1 Å². The van der Waals surface area contributed by atoms with E-state index in [4.69, 9.17) is 5.11 Å². The Labute approximate surface area is 115 Å². The Kier molecular flexibility index (Phi) is 4.31. The first-order valence-electron chi connectivity index (χ1n) is 6.35. The number of rotatable bonds is 5. The van der Waals surface area contributed by atoms with Crippen LogP contribution in [0, 0.1) is 10.1 Å². The number of non-ortho nitro benzene ring substituents is 1. The van der Waals surface area contributed by atoms with Gasteiger partial charge in [-0.2, -0.15) is 0 Å². The number of nitro groups is 1. The summed E-state index contributed by atoms with van der Waals surface area (Å²) < 4.78 is 0. The first-order chi connectivity index (χ1) is 9.47. The molecule has 0 aliphatic carbocycles. The minimum absolute atomic E-state index is 0.0359. The SMILES string of the molecule is O=C(O)C1CC(O)CN1CCc1ccc([N+](=O)[O-])cc1. The van der Waals surface area contributed by atoms with Crippen molar-refractivity contribution < 1.29 is 19.9 Å². The van der Waals surface area contributed by atoms with Gasteiger partial charge in [0.1, 0.15) is 6.04 Å². The van der Waals surface area contributed by atoms with Crippen LogP contribution >= 0.6 is 0 Å². The number of carboxylic acids is 1. The summed E-state index contributed by atoms with van der Waals surface area (Å²) in [6.45, 7) is 0.857. The number of aliphatic hydroxyl groups excluding tert-OH is 1. The molecule has 2 rings (SSSR count). The van der Waals surface area contributed by atoms with Crippen LogP contribution < -0.4 is 0 Å². The topological polar surface area (TPSA) is 104 Å². The Bertz CT molecular complexity index is 502. The van der Waals surface area contributed by atoms with Crippen molar-refractivity contribution in [2.24, 2.45) is 0 Å². The van der Waals surface area contributed by atoms with Gasteiger partial charge in [-0.25, -0.2) is 0 Å². The number of carbonyl (C=O) groups is 1. The summed E-state index contributed by atoms with van der Waals surface area (Å²) in [6, 6.07) is 5.55. The Morgan fingerprint density at radius 3 is 2.60 bits per heavy atom. The Hall–Kier alpha value is -1.99. The zero-order chi connectivity index (χ0) is 14.7. The Morgan fingerprint density at radius 2 is 2.05 bits per heavy atom. The second-order valence-corrected chi connectivity index (χ2v) is 4.91. The molecule has 0 radical (unpaired) electrons. The van der Waals surface area contributed by atoms with Crippen molar-refractivity contribution in [1.29, 1.82) is 0 Å². The molecule has 2 atom stereocenters. The lowest BCUT2D eigenvalue weighted by molar-refractivity contribution is -0.384. The minimum Gasteiger partial charge on any atom is -0.480 e. The summed E-state index contributed by atoms with van der Waals surface area (Å²) >= 11 is 0. The number of nitrogens with zero attached hydrogens (tertiary/aromatic N) is 2. The number of hydrogen-bond acceptors (Lipinski definition) is 5. The van der Waals surface area contributed by atoms with Crippen LogP contribution in [0.15, 0.2) is 24.3 Å². The van der Waals surface area contributed by atoms with Gasteiger partial charge in [0.15, 0.2) is 0 Å². The molecule has 0 amide bonds. The highest BCUT2D eigenvalue weighted by Gasteiger charge is 2.35. The van der Waals surface area contributed by atoms with Crippen LogP contribution in [-0.4, -0.2) is 51.2 Å². The molecule has 2 unspecified atom stereocenters. The second kappa shape index (κ2) is 5.98. The van der Waals surface area contributed by atoms with E-state index < -0.39 is 23.0 Å². The average molecular weight is 280 g/mol. The van der Waals surface area contributed by atoms with Gasteiger partial charge in [0.05, 0.1) is 11.0 Å². The maximum Gasteiger partial charge on any atom is 0.321 e. The van der Waals surface area contributed by atoms with E-state index in [9.17, 15) is 20.0 Å². The lowest BCUT2D eigenvalue weighted by Gasteiger charge is -2.20. The molecule has 20 heavy (non-hydrogen) atoms. The van der Waals surface area contributed by atoms with Crippen LogP contribution in [0.3, 0.4) is 0 Å². The van der Waals surface area contributed by atoms with E-state index in [0.29, 0.717) is 19.5 Å². The van der Waals surface area contributed by atoms with Gasteiger partial charge in [-0.05, 0) is 12.0 Å². The van der Waals surface area contributed by atoms with Crippen molar-refractivity contribution in [1.82, 2.24) is 4.90 Å². The first-order valence-corrected chi connectivity index (χ1v) is 6.35. The summed E-state index contributed by atoms with van der Waals surface area (Å²) in [5.74, 6) is -0.926. The highest BCUT2D eigenvalue weighted by Crippen LogP contribution is 2.19. The second-order valence-electron chi connectivity index (χ2n) is 4.91. The third-order valence-electron chi connectivity index (χ3n) is 3.50. The zero-order valence-corrected chi connectivity index (χ0v) is 10.8. The lowest BCUT2D eigenvalue weighted by Crippen LogP contribution is -2.37. The molecule has 1 aliphatic rings. The molecule has 0 saturated carbocycles. The number of hydrogen-bond donors (Lipinski definition) is 2. The Morgan fingerprint density at radius 1 is 1.40 bits per heavy atom. The maximum absolute atomic E-state index is 11.1. The number of β-amino-alcohol motifs (C(OH)–C–C–N with tert-alkyl or cyclic N) is 1. The van der Waals surface area contributed by atoms with Crippen LogP contribution in [0.2, 0.25) is 0 Å². The smallest absolute Gasteiger partial charge is 0.321 e. The molecule has 1 aromatic rings. The normalized spacial score (nSPS) is 22.9. The molecule has 108 valence electrons. The van der Waals surface area contributed by atoms with Crippen molar-refractivity contribution in [2.75, 3.05) is 13.1 Å². The number of likely N-dealkylation sites (tertiary alicyclic amines) is 1. The third kappa shape index (κ3) is 3.31. The third-order valence-corrected chi connectivity index (χ3v) is 3.50. The summed E-state index contributed by atoms with van der Waals surface area (Å²) in [5.41, 5.74) is 0.940. The summed E-state index contributed by atoms with van der Waals surface area (Å²) in [4.78, 5) is 22.9. The van der Waals surface area contributed by atoms with E-state index in [0.717, 1.165) is 5.56 Å². The van der Waals surface area contributed by atoms with Gasteiger partial charge >= 0.3 is 5.97 Å². The van der Waals surface area contributed by atoms with Gasteiger partial charge in [-0.3, -0.25) is 19.8 Å². The zero-order valence-electron chi connectivity index (χ0n) is 10.8. The van der Waals surface area contributed by atoms with E-state index >= 15 is 0 Å². The molecule has 1 saturated heterocycles. The van der Waals surface area contributed by atoms with Gasteiger partial charge in [0.2, 0.25) is 0 Å². The minimum atomic E-state index is -0.926. The van der Waals surface area contributed by atoms with Crippen molar-refractivity contribution >= 4 is 11.7 Å². The van der Waals surface area contributed by atoms with E-state index in [2.05, 4.69) is 0 Å². The predicted molar refractivity (Wildman–Crippen MR) is 70.4 cm³/mol. The quantitative estimate of drug-likeness (QED) is 0.606. The molecule has 1 fully saturated rings. The van der Waals surface area contributed by atoms with E-state index in [1.165, 1.54) is 12.1 Å². The fraction of sp³-hybridized carbons (Fsp3) is 0.462. The summed E-state index contributed by atoms with van der Waals surface area (Å²) in [5, 5.41) is 29.1. The largest absolute Gasteiger partial charge is 0.480 e. The van der Waals surface area contributed by atoms with Gasteiger partial charge in [-0.15, -0.1) is 0 Å². The average Bonchev–Trinajstić information content (AvgIpc) is 2.78. The molecule has 1 aromatic carbocycles. The molecule has 1 heterocycles. The number of carboxylic acid groups (broad SMARTS) is 1. The van der Waals surface area contributed by atoms with E-state index in [1.807, 2.05) is 0 Å². The number of aliphatic carboxylic acids is 1. The van der Waals surface area contributed by atoms with Gasteiger partial charge < -0.3 is 10.2 Å². The molecular weight excluding hydrogens is 264 g/mol. The fourth-order valence-corrected chi connectivity index (χ4v) is 2.44. The van der Waals surface area contributed by atoms with Crippen LogP contribution in [-0.2, 0) is 11.2 Å². The fourth-order valence-electron chi connectivity index (χ4n) is 2.44. The van der Waals surface area contributed by atoms with Crippen molar-refractivity contribution in [3.05, 3.63) is 39.9 Å². The van der Waals surface area contributed by atoms with E-state index in [-0.39, 0.29) is 12.1 Å². The first kappa shape index (κ1) is 14.4. The molecule has 0 bridgehead atoms. The molecule has 7 nitrogen and oxygen atoms in total. The lowest BCUT2D eigenvalue weighted by atomic mass is 10.1. The molecule has 0 spiro atoms. The van der Waals surface area contributed by atoms with Crippen LogP contribution in [0.5, 0.6) is 0 Å². The molecule has 0 aromatic heterocycles. The number of nitro benzene ring substituents is 1. The summed E-state index contributed by atoms with van der Waals surface area (Å²) in [6.07, 6.45) is 0.234. The number of aliphatic hydroxyl groups is 1. The van der Waals surface area contributed by atoms with Gasteiger partial charge in [0.25, 0.3) is 5.69 Å². The maximum atomic E-state index is 11.1. The number of benzene rings is 1. The highest BCUT2D eigenvalue weighted by atomic mass is 16.6. The van der Waals surface area contributed by atoms with Gasteiger partial charge in [0, 0.05) is 31.6 Å². The molecule has 2 N–H and O–H groups in total. The van der Waals surface area contributed by atoms with Crippen LogP contribution in [0.1, 0.15) is 12.0 Å². The predicted octanol–water partition coefficient (Wildman–Crippen LogP) is 0.657. The van der Waals surface area contributed by atoms with Crippen LogP contribution in [0.4, 0.5) is 5.69 Å². The Balaban J connectivity index is 1.94. The molecule has 7 heteroatoms. The standard InChI is InChI=1S/C13H16N2O5/c16-11-7-12(13(17)18)14(8-11)6-5-9-1-3-10(4-2-9)15(19)20/h1-4,11-12,16H,5-8H2,(H,17,18). The van der Waals surface area contributed by atoms with Crippen molar-refractivity contribution in [3.8, 4) is 0 Å². The van der Waals surface area contributed by atoms with Crippen LogP contribution in [0.25, 0.3) is 0 Å². The monoisotopic (exact) mass is 280 g/mol. The molecule has 1 aliphatic heterocycles. The summed E-state index contributed by atoms with van der Waals surface area (Å²) in [7, 11) is 0. The highest BCUT2D eigenvalue weighted by molar-refractivity contribution is 5.74. The van der Waals surface area contributed by atoms with Crippen molar-refractivity contribution in [3.63, 3.8) is 0 Å². The molecular formula is C13H16N2O5.